The van der Waals surface area contributed by atoms with Crippen LogP contribution in [0.3, 0.4) is 0 Å². The predicted octanol–water partition coefficient (Wildman–Crippen LogP) is 4.92. The van der Waals surface area contributed by atoms with Gasteiger partial charge in [-0.25, -0.2) is 9.79 Å². The molecule has 0 atom stereocenters. The van der Waals surface area contributed by atoms with Crippen molar-refractivity contribution >= 4 is 69.6 Å². The molecule has 1 aliphatic rings. The van der Waals surface area contributed by atoms with E-state index in [2.05, 4.69) is 15.6 Å². The molecule has 0 aliphatic carbocycles. The van der Waals surface area contributed by atoms with Gasteiger partial charge in [0, 0.05) is 11.8 Å². The van der Waals surface area contributed by atoms with Crippen LogP contribution in [0.25, 0.3) is 6.08 Å². The molecule has 12 heteroatoms. The van der Waals surface area contributed by atoms with Crippen LogP contribution in [0.5, 0.6) is 0 Å². The van der Waals surface area contributed by atoms with Gasteiger partial charge >= 0.3 is 5.97 Å². The van der Waals surface area contributed by atoms with Gasteiger partial charge in [0.25, 0.3) is 11.6 Å². The van der Waals surface area contributed by atoms with Gasteiger partial charge in [-0.3, -0.25) is 19.7 Å². The van der Waals surface area contributed by atoms with Crippen molar-refractivity contribution in [1.29, 1.82) is 0 Å². The molecule has 1 fully saturated rings. The Morgan fingerprint density at radius 3 is 2.62 bits per heavy atom. The first-order chi connectivity index (χ1) is 17.8. The van der Waals surface area contributed by atoms with Crippen LogP contribution < -0.4 is 10.6 Å². The second kappa shape index (κ2) is 11.5. The quantitative estimate of drug-likeness (QED) is 0.160. The summed E-state index contributed by atoms with van der Waals surface area (Å²) in [4.78, 5) is 51.8. The molecule has 3 aromatic rings. The lowest BCUT2D eigenvalue weighted by molar-refractivity contribution is -0.387. The monoisotopic (exact) mass is 534 g/mol. The van der Waals surface area contributed by atoms with Crippen molar-refractivity contribution in [3.8, 4) is 0 Å². The second-order valence-corrected chi connectivity index (χ2v) is 9.57. The molecule has 0 spiro atoms. The highest BCUT2D eigenvalue weighted by Gasteiger charge is 2.25. The van der Waals surface area contributed by atoms with Crippen LogP contribution in [0, 0.1) is 10.1 Å². The SMILES string of the molecule is O=C(CSc1ccc(/C=C2\SC(=Nc3cccc(C(=O)O)c3)NC2=O)cc1[N+](=O)[O-])Nc1ccccc1. The summed E-state index contributed by atoms with van der Waals surface area (Å²) < 4.78 is 0. The van der Waals surface area contributed by atoms with Gasteiger partial charge in [0.2, 0.25) is 5.91 Å². The number of para-hydroxylation sites is 1. The third-order valence-electron chi connectivity index (χ3n) is 4.87. The van der Waals surface area contributed by atoms with E-state index < -0.39 is 16.8 Å². The molecule has 37 heavy (non-hydrogen) atoms. The zero-order chi connectivity index (χ0) is 26.4. The molecule has 4 rings (SSSR count). The molecular formula is C25H18N4O6S2. The van der Waals surface area contributed by atoms with Crippen LogP contribution in [0.4, 0.5) is 17.1 Å². The van der Waals surface area contributed by atoms with Crippen LogP contribution in [-0.4, -0.2) is 38.7 Å². The molecule has 0 saturated carbocycles. The van der Waals surface area contributed by atoms with E-state index in [1.54, 1.807) is 42.5 Å². The Morgan fingerprint density at radius 1 is 1.11 bits per heavy atom. The zero-order valence-electron chi connectivity index (χ0n) is 18.9. The van der Waals surface area contributed by atoms with Gasteiger partial charge in [0.15, 0.2) is 5.17 Å². The highest BCUT2D eigenvalue weighted by molar-refractivity contribution is 8.18. The number of aliphatic imine (C=N–C) groups is 1. The minimum Gasteiger partial charge on any atom is -0.478 e. The molecule has 1 heterocycles. The lowest BCUT2D eigenvalue weighted by atomic mass is 10.2. The van der Waals surface area contributed by atoms with E-state index in [1.807, 2.05) is 6.07 Å². The first-order valence-corrected chi connectivity index (χ1v) is 12.5. The number of aromatic carboxylic acids is 1. The van der Waals surface area contributed by atoms with Crippen molar-refractivity contribution in [2.24, 2.45) is 4.99 Å². The minimum atomic E-state index is -1.09. The largest absolute Gasteiger partial charge is 0.478 e. The number of anilines is 1. The molecule has 0 radical (unpaired) electrons. The number of amidine groups is 1. The van der Waals surface area contributed by atoms with Crippen LogP contribution in [0.1, 0.15) is 15.9 Å². The van der Waals surface area contributed by atoms with Gasteiger partial charge in [0.05, 0.1) is 31.7 Å². The van der Waals surface area contributed by atoms with Gasteiger partial charge in [0.1, 0.15) is 0 Å². The molecule has 0 aromatic heterocycles. The van der Waals surface area contributed by atoms with Crippen LogP contribution in [0.15, 0.2) is 87.6 Å². The Hall–Kier alpha value is -4.42. The summed E-state index contributed by atoms with van der Waals surface area (Å²) in [6, 6.07) is 19.3. The van der Waals surface area contributed by atoms with Crippen molar-refractivity contribution < 1.29 is 24.4 Å². The van der Waals surface area contributed by atoms with E-state index in [4.69, 9.17) is 5.11 Å². The molecule has 2 amide bonds. The number of nitro groups is 1. The number of hydrogen-bond acceptors (Lipinski definition) is 8. The number of carboxylic acids is 1. The number of nitrogens with zero attached hydrogens (tertiary/aromatic N) is 2. The summed E-state index contributed by atoms with van der Waals surface area (Å²) in [7, 11) is 0. The van der Waals surface area contributed by atoms with Crippen LogP contribution >= 0.6 is 23.5 Å². The maximum absolute atomic E-state index is 12.4. The number of nitro benzene ring substituents is 1. The number of nitrogens with one attached hydrogen (secondary N) is 2. The number of carbonyl (C=O) groups is 3. The summed E-state index contributed by atoms with van der Waals surface area (Å²) in [5.74, 6) is -1.84. The summed E-state index contributed by atoms with van der Waals surface area (Å²) >= 11 is 2.07. The van der Waals surface area contributed by atoms with Crippen molar-refractivity contribution in [2.45, 2.75) is 4.90 Å². The summed E-state index contributed by atoms with van der Waals surface area (Å²) in [5.41, 5.74) is 1.30. The van der Waals surface area contributed by atoms with E-state index in [9.17, 15) is 24.5 Å². The number of carbonyl (C=O) groups excluding carboxylic acids is 2. The maximum atomic E-state index is 12.4. The third kappa shape index (κ3) is 6.84. The average molecular weight is 535 g/mol. The van der Waals surface area contributed by atoms with Crippen LogP contribution in [0.2, 0.25) is 0 Å². The average Bonchev–Trinajstić information content (AvgIpc) is 3.21. The fraction of sp³-hybridized carbons (Fsp3) is 0.0400. The van der Waals surface area contributed by atoms with Crippen molar-refractivity contribution in [2.75, 3.05) is 11.1 Å². The molecule has 3 N–H and O–H groups in total. The fourth-order valence-corrected chi connectivity index (χ4v) is 4.85. The number of carboxylic acid groups (broad SMARTS) is 1. The van der Waals surface area contributed by atoms with E-state index >= 15 is 0 Å². The summed E-state index contributed by atoms with van der Waals surface area (Å²) in [5, 5.41) is 26.4. The molecule has 1 aliphatic heterocycles. The molecule has 186 valence electrons. The summed E-state index contributed by atoms with van der Waals surface area (Å²) in [6.07, 6.45) is 1.50. The second-order valence-electron chi connectivity index (χ2n) is 7.52. The maximum Gasteiger partial charge on any atom is 0.335 e. The molecule has 3 aromatic carbocycles. The number of hydrogen-bond donors (Lipinski definition) is 3. The first-order valence-electron chi connectivity index (χ1n) is 10.7. The number of benzene rings is 3. The Balaban J connectivity index is 1.47. The van der Waals surface area contributed by atoms with Crippen molar-refractivity contribution in [3.63, 3.8) is 0 Å². The smallest absolute Gasteiger partial charge is 0.335 e. The fourth-order valence-electron chi connectivity index (χ4n) is 3.21. The van der Waals surface area contributed by atoms with Gasteiger partial charge in [-0.2, -0.15) is 0 Å². The normalized spacial score (nSPS) is 15.0. The molecular weight excluding hydrogens is 516 g/mol. The first kappa shape index (κ1) is 25.7. The lowest BCUT2D eigenvalue weighted by Crippen LogP contribution is -2.19. The highest BCUT2D eigenvalue weighted by Crippen LogP contribution is 2.33. The molecule has 0 bridgehead atoms. The van der Waals surface area contributed by atoms with E-state index in [-0.39, 0.29) is 33.0 Å². The molecule has 1 saturated heterocycles. The summed E-state index contributed by atoms with van der Waals surface area (Å²) in [6.45, 7) is 0. The van der Waals surface area contributed by atoms with Gasteiger partial charge in [-0.15, -0.1) is 11.8 Å². The standard InChI is InChI=1S/C25H18N4O6S2/c30-22(26-17-6-2-1-3-7-17)14-36-20-10-9-15(11-19(20)29(34)35)12-21-23(31)28-25(37-21)27-18-8-4-5-16(13-18)24(32)33/h1-13H,14H2,(H,26,30)(H,32,33)(H,27,28,31)/b21-12-. The highest BCUT2D eigenvalue weighted by atomic mass is 32.2. The Labute approximate surface area is 219 Å². The number of amides is 2. The minimum absolute atomic E-state index is 0.0165. The van der Waals surface area contributed by atoms with Gasteiger partial charge in [-0.05, 0) is 59.8 Å². The van der Waals surface area contributed by atoms with E-state index in [0.29, 0.717) is 21.8 Å². The predicted molar refractivity (Wildman–Crippen MR) is 143 cm³/mol. The number of rotatable bonds is 8. The van der Waals surface area contributed by atoms with E-state index in [0.717, 1.165) is 23.5 Å². The van der Waals surface area contributed by atoms with Crippen molar-refractivity contribution in [1.82, 2.24) is 5.32 Å². The third-order valence-corrected chi connectivity index (χ3v) is 6.84. The molecule has 0 unspecified atom stereocenters. The Kier molecular flexibility index (Phi) is 8.01. The van der Waals surface area contributed by atoms with Crippen molar-refractivity contribution in [3.05, 3.63) is 98.9 Å². The van der Waals surface area contributed by atoms with Gasteiger partial charge in [-0.1, -0.05) is 30.3 Å². The van der Waals surface area contributed by atoms with E-state index in [1.165, 1.54) is 30.3 Å². The van der Waals surface area contributed by atoms with Crippen LogP contribution in [-0.2, 0) is 9.59 Å². The Morgan fingerprint density at radius 2 is 1.89 bits per heavy atom. The van der Waals surface area contributed by atoms with Gasteiger partial charge < -0.3 is 15.7 Å². The zero-order valence-corrected chi connectivity index (χ0v) is 20.5. The number of thioether (sulfide) groups is 2. The molecule has 10 nitrogen and oxygen atoms in total. The topological polar surface area (TPSA) is 151 Å². The lowest BCUT2D eigenvalue weighted by Gasteiger charge is -2.06. The Bertz CT molecular complexity index is 1460.